The van der Waals surface area contributed by atoms with Gasteiger partial charge in [0.25, 0.3) is 0 Å². The largest absolute Gasteiger partial charge is 0.494 e. The van der Waals surface area contributed by atoms with E-state index in [1.54, 1.807) is 7.11 Å². The first-order valence-corrected chi connectivity index (χ1v) is 12.2. The molecular weight excluding hydrogens is 374 g/mol. The zero-order chi connectivity index (χ0) is 21.0. The summed E-state index contributed by atoms with van der Waals surface area (Å²) in [5, 5.41) is 0. The highest BCUT2D eigenvalue weighted by Crippen LogP contribution is 2.22. The topological polar surface area (TPSA) is 28.2 Å². The maximum absolute atomic E-state index is 5.99. The summed E-state index contributed by atoms with van der Waals surface area (Å²) in [7, 11) is 1.79. The number of benzene rings is 1. The molecule has 2 saturated heterocycles. The minimum Gasteiger partial charge on any atom is -0.494 e. The summed E-state index contributed by atoms with van der Waals surface area (Å²) in [5.74, 6) is 1.01. The molecule has 1 aromatic rings. The zero-order valence-electron chi connectivity index (χ0n) is 19.4. The number of methoxy groups -OCH3 is 1. The molecule has 2 aliphatic rings. The molecule has 1 atom stereocenters. The Morgan fingerprint density at radius 1 is 1.00 bits per heavy atom. The first kappa shape index (κ1) is 23.5. The van der Waals surface area contributed by atoms with Gasteiger partial charge in [0.2, 0.25) is 0 Å². The minimum atomic E-state index is 0.660. The number of likely N-dealkylation sites (tertiary alicyclic amines) is 2. The maximum atomic E-state index is 5.99. The molecule has 0 amide bonds. The van der Waals surface area contributed by atoms with E-state index in [1.807, 2.05) is 0 Å². The van der Waals surface area contributed by atoms with Crippen LogP contribution in [0.15, 0.2) is 24.3 Å². The molecule has 1 aromatic carbocycles. The molecule has 3 rings (SSSR count). The Bertz CT molecular complexity index is 574. The normalized spacial score (nSPS) is 20.8. The molecule has 2 aliphatic heterocycles. The van der Waals surface area contributed by atoms with Crippen LogP contribution in [-0.2, 0) is 11.3 Å². The van der Waals surface area contributed by atoms with Crippen molar-refractivity contribution in [1.82, 2.24) is 14.7 Å². The van der Waals surface area contributed by atoms with Crippen LogP contribution in [0.5, 0.6) is 5.75 Å². The lowest BCUT2D eigenvalue weighted by Gasteiger charge is -2.30. The monoisotopic (exact) mass is 417 g/mol. The third-order valence-electron chi connectivity index (χ3n) is 6.67. The average molecular weight is 418 g/mol. The maximum Gasteiger partial charge on any atom is 0.119 e. The molecule has 0 unspecified atom stereocenters. The van der Waals surface area contributed by atoms with Crippen molar-refractivity contribution < 1.29 is 9.47 Å². The van der Waals surface area contributed by atoms with E-state index in [2.05, 4.69) is 45.9 Å². The molecule has 5 nitrogen and oxygen atoms in total. The molecule has 0 saturated carbocycles. The van der Waals surface area contributed by atoms with Crippen LogP contribution >= 0.6 is 0 Å². The smallest absolute Gasteiger partial charge is 0.119 e. The van der Waals surface area contributed by atoms with Gasteiger partial charge in [-0.15, -0.1) is 0 Å². The summed E-state index contributed by atoms with van der Waals surface area (Å²) in [6.45, 7) is 13.1. The molecule has 30 heavy (non-hydrogen) atoms. The van der Waals surface area contributed by atoms with Crippen molar-refractivity contribution in [3.05, 3.63) is 29.8 Å². The minimum absolute atomic E-state index is 0.660. The number of nitrogens with zero attached hydrogens (tertiary/aromatic N) is 3. The van der Waals surface area contributed by atoms with E-state index >= 15 is 0 Å². The lowest BCUT2D eigenvalue weighted by Crippen LogP contribution is -2.41. The van der Waals surface area contributed by atoms with E-state index in [4.69, 9.17) is 9.47 Å². The number of piperidine rings is 1. The molecule has 0 aromatic heterocycles. The van der Waals surface area contributed by atoms with Crippen molar-refractivity contribution >= 4 is 0 Å². The van der Waals surface area contributed by atoms with Gasteiger partial charge in [0.1, 0.15) is 5.75 Å². The van der Waals surface area contributed by atoms with Gasteiger partial charge in [-0.3, -0.25) is 9.80 Å². The number of rotatable bonds is 13. The molecule has 0 radical (unpaired) electrons. The molecule has 2 fully saturated rings. The lowest BCUT2D eigenvalue weighted by atomic mass is 10.1. The summed E-state index contributed by atoms with van der Waals surface area (Å²) in [4.78, 5) is 7.76. The molecule has 0 aliphatic carbocycles. The van der Waals surface area contributed by atoms with E-state index in [1.165, 1.54) is 63.8 Å². The van der Waals surface area contributed by atoms with E-state index in [0.717, 1.165) is 51.6 Å². The van der Waals surface area contributed by atoms with Crippen molar-refractivity contribution in [2.75, 3.05) is 66.1 Å². The van der Waals surface area contributed by atoms with E-state index < -0.39 is 0 Å². The van der Waals surface area contributed by atoms with Crippen molar-refractivity contribution in [3.8, 4) is 5.75 Å². The fourth-order valence-electron chi connectivity index (χ4n) is 4.79. The second kappa shape index (κ2) is 13.3. The fraction of sp³-hybridized carbons (Fsp3) is 0.760. The van der Waals surface area contributed by atoms with Gasteiger partial charge in [0.15, 0.2) is 0 Å². The first-order chi connectivity index (χ1) is 14.8. The molecule has 2 heterocycles. The summed E-state index contributed by atoms with van der Waals surface area (Å²) in [6.07, 6.45) is 7.87. The molecule has 5 heteroatoms. The van der Waals surface area contributed by atoms with Gasteiger partial charge >= 0.3 is 0 Å². The zero-order valence-corrected chi connectivity index (χ0v) is 19.4. The molecule has 0 spiro atoms. The lowest BCUT2D eigenvalue weighted by molar-refractivity contribution is 0.123. The summed E-state index contributed by atoms with van der Waals surface area (Å²) in [6, 6.07) is 9.46. The highest BCUT2D eigenvalue weighted by Gasteiger charge is 2.26. The quantitative estimate of drug-likeness (QED) is 0.454. The van der Waals surface area contributed by atoms with E-state index in [0.29, 0.717) is 6.04 Å². The number of likely N-dealkylation sites (N-methyl/N-ethyl adjacent to an activating group) is 1. The van der Waals surface area contributed by atoms with Gasteiger partial charge < -0.3 is 14.4 Å². The van der Waals surface area contributed by atoms with Gasteiger partial charge in [-0.05, 0) is 76.0 Å². The second-order valence-electron chi connectivity index (χ2n) is 8.90. The summed E-state index contributed by atoms with van der Waals surface area (Å²) < 4.78 is 11.3. The van der Waals surface area contributed by atoms with E-state index in [9.17, 15) is 0 Å². The first-order valence-electron chi connectivity index (χ1n) is 12.2. The second-order valence-corrected chi connectivity index (χ2v) is 8.90. The number of hydrogen-bond acceptors (Lipinski definition) is 5. The van der Waals surface area contributed by atoms with Crippen molar-refractivity contribution in [2.45, 2.75) is 58.0 Å². The van der Waals surface area contributed by atoms with Crippen molar-refractivity contribution in [2.24, 2.45) is 0 Å². The van der Waals surface area contributed by atoms with Crippen molar-refractivity contribution in [1.29, 1.82) is 0 Å². The van der Waals surface area contributed by atoms with Crippen LogP contribution in [-0.4, -0.2) is 86.9 Å². The van der Waals surface area contributed by atoms with Crippen LogP contribution in [0.2, 0.25) is 0 Å². The third kappa shape index (κ3) is 7.84. The van der Waals surface area contributed by atoms with Crippen LogP contribution < -0.4 is 4.74 Å². The Morgan fingerprint density at radius 3 is 2.53 bits per heavy atom. The van der Waals surface area contributed by atoms with Gasteiger partial charge in [-0.1, -0.05) is 25.5 Å². The Kier molecular flexibility index (Phi) is 10.4. The van der Waals surface area contributed by atoms with Gasteiger partial charge in [0, 0.05) is 39.3 Å². The van der Waals surface area contributed by atoms with E-state index in [-0.39, 0.29) is 0 Å². The van der Waals surface area contributed by atoms with Crippen LogP contribution in [0.1, 0.15) is 51.0 Å². The molecule has 0 bridgehead atoms. The number of hydrogen-bond donors (Lipinski definition) is 0. The fourth-order valence-corrected chi connectivity index (χ4v) is 4.79. The van der Waals surface area contributed by atoms with Crippen LogP contribution in [0, 0.1) is 0 Å². The standard InChI is InChI=1S/C25H43N3O2/c1-3-26(18-20-29-2)22-24-9-7-17-28(24)21-23-10-12-25(13-11-23)30-19-8-16-27-14-5-4-6-15-27/h10-13,24H,3-9,14-22H2,1-2H3/t24-/m0/s1. The number of ether oxygens (including phenoxy) is 2. The highest BCUT2D eigenvalue weighted by molar-refractivity contribution is 5.27. The highest BCUT2D eigenvalue weighted by atomic mass is 16.5. The third-order valence-corrected chi connectivity index (χ3v) is 6.67. The summed E-state index contributed by atoms with van der Waals surface area (Å²) >= 11 is 0. The predicted molar refractivity (Wildman–Crippen MR) is 124 cm³/mol. The SMILES string of the molecule is CCN(CCOC)C[C@@H]1CCCN1Cc1ccc(OCCCN2CCCCC2)cc1. The average Bonchev–Trinajstić information content (AvgIpc) is 3.22. The van der Waals surface area contributed by atoms with Gasteiger partial charge in [0.05, 0.1) is 13.2 Å². The van der Waals surface area contributed by atoms with Crippen LogP contribution in [0.4, 0.5) is 0 Å². The van der Waals surface area contributed by atoms with Crippen molar-refractivity contribution in [3.63, 3.8) is 0 Å². The van der Waals surface area contributed by atoms with Gasteiger partial charge in [-0.25, -0.2) is 0 Å². The Labute approximate surface area is 184 Å². The Morgan fingerprint density at radius 2 is 1.80 bits per heavy atom. The van der Waals surface area contributed by atoms with Crippen LogP contribution in [0.25, 0.3) is 0 Å². The molecule has 0 N–H and O–H groups in total. The van der Waals surface area contributed by atoms with Gasteiger partial charge in [-0.2, -0.15) is 0 Å². The molecular formula is C25H43N3O2. The summed E-state index contributed by atoms with van der Waals surface area (Å²) in [5.41, 5.74) is 1.39. The molecule has 170 valence electrons. The Hall–Kier alpha value is -1.14. The van der Waals surface area contributed by atoms with Crippen LogP contribution in [0.3, 0.4) is 0 Å². The Balaban J connectivity index is 1.38. The predicted octanol–water partition coefficient (Wildman–Crippen LogP) is 3.87.